The number of halogens is 2. The van der Waals surface area contributed by atoms with Crippen LogP contribution in [0.5, 0.6) is 0 Å². The van der Waals surface area contributed by atoms with Crippen molar-refractivity contribution in [3.63, 3.8) is 0 Å². The Kier molecular flexibility index (Phi) is 4.81. The monoisotopic (exact) mass is 348 g/mol. The molecule has 7 nitrogen and oxygen atoms in total. The highest BCUT2D eigenvalue weighted by Gasteiger charge is 2.17. The Morgan fingerprint density at radius 2 is 2.00 bits per heavy atom. The molecule has 1 aromatic carbocycles. The van der Waals surface area contributed by atoms with Crippen LogP contribution in [-0.2, 0) is 4.79 Å². The minimum atomic E-state index is -1.00. The number of fused-ring (bicyclic) bond motifs is 1. The molecule has 21 heavy (non-hydrogen) atoms. The second-order valence-corrected chi connectivity index (χ2v) is 5.62. The molecule has 0 spiro atoms. The summed E-state index contributed by atoms with van der Waals surface area (Å²) in [5.41, 5.74) is 1.11. The number of carboxylic acid groups (broad SMARTS) is 1. The number of hydrogen-bond acceptors (Lipinski definition) is 5. The Morgan fingerprint density at radius 1 is 1.33 bits per heavy atom. The topological polar surface area (TPSA) is 104 Å². The molecule has 0 aliphatic heterocycles. The summed E-state index contributed by atoms with van der Waals surface area (Å²) in [6, 6.07) is 0.350. The van der Waals surface area contributed by atoms with Gasteiger partial charge in [0.25, 0.3) is 0 Å². The van der Waals surface area contributed by atoms with Crippen LogP contribution in [0.1, 0.15) is 13.3 Å². The van der Waals surface area contributed by atoms with Gasteiger partial charge in [-0.2, -0.15) is 8.75 Å². The molecule has 0 aliphatic carbocycles. The summed E-state index contributed by atoms with van der Waals surface area (Å²) in [7, 11) is 0. The third-order valence-electron chi connectivity index (χ3n) is 2.54. The van der Waals surface area contributed by atoms with Gasteiger partial charge in [0.05, 0.1) is 33.9 Å². The van der Waals surface area contributed by atoms with Gasteiger partial charge < -0.3 is 15.7 Å². The van der Waals surface area contributed by atoms with Crippen molar-refractivity contribution in [3.05, 3.63) is 16.1 Å². The second-order valence-electron chi connectivity index (χ2n) is 4.27. The highest BCUT2D eigenvalue weighted by atomic mass is 35.5. The SMILES string of the molecule is CC(CC(=O)O)NC(=O)Nc1c(Cl)cc(Cl)c2nsnc12. The van der Waals surface area contributed by atoms with Crippen molar-refractivity contribution in [1.29, 1.82) is 0 Å². The van der Waals surface area contributed by atoms with Gasteiger partial charge in [-0.1, -0.05) is 23.2 Å². The molecule has 1 heterocycles. The summed E-state index contributed by atoms with van der Waals surface area (Å²) in [5, 5.41) is 14.2. The van der Waals surface area contributed by atoms with Crippen LogP contribution >= 0.6 is 34.9 Å². The van der Waals surface area contributed by atoms with E-state index in [2.05, 4.69) is 19.4 Å². The third-order valence-corrected chi connectivity index (χ3v) is 3.66. The summed E-state index contributed by atoms with van der Waals surface area (Å²) in [5.74, 6) is -1.00. The van der Waals surface area contributed by atoms with E-state index in [1.807, 2.05) is 0 Å². The number of nitrogens with zero attached hydrogens (tertiary/aromatic N) is 2. The number of hydrogen-bond donors (Lipinski definition) is 3. The van der Waals surface area contributed by atoms with Gasteiger partial charge in [0.2, 0.25) is 0 Å². The maximum atomic E-state index is 11.9. The van der Waals surface area contributed by atoms with E-state index < -0.39 is 18.0 Å². The molecular weight excluding hydrogens is 339 g/mol. The highest BCUT2D eigenvalue weighted by molar-refractivity contribution is 7.00. The molecule has 2 rings (SSSR count). The van der Waals surface area contributed by atoms with Crippen molar-refractivity contribution >= 4 is 63.7 Å². The van der Waals surface area contributed by atoms with Gasteiger partial charge in [-0.3, -0.25) is 4.79 Å². The fourth-order valence-electron chi connectivity index (χ4n) is 1.68. The first-order valence-electron chi connectivity index (χ1n) is 5.78. The summed E-state index contributed by atoms with van der Waals surface area (Å²) in [4.78, 5) is 22.4. The Morgan fingerprint density at radius 3 is 2.67 bits per heavy atom. The number of carbonyl (C=O) groups excluding carboxylic acids is 1. The van der Waals surface area contributed by atoms with E-state index in [-0.39, 0.29) is 17.1 Å². The van der Waals surface area contributed by atoms with Gasteiger partial charge in [0.1, 0.15) is 11.0 Å². The molecule has 0 aliphatic rings. The Hall–Kier alpha value is -1.64. The Bertz CT molecular complexity index is 706. The van der Waals surface area contributed by atoms with Crippen LogP contribution in [0.4, 0.5) is 10.5 Å². The number of anilines is 1. The van der Waals surface area contributed by atoms with E-state index >= 15 is 0 Å². The number of urea groups is 1. The maximum Gasteiger partial charge on any atom is 0.319 e. The first-order chi connectivity index (χ1) is 9.88. The molecule has 112 valence electrons. The summed E-state index contributed by atoms with van der Waals surface area (Å²) >= 11 is 13.0. The van der Waals surface area contributed by atoms with E-state index in [1.165, 1.54) is 6.07 Å². The van der Waals surface area contributed by atoms with Crippen molar-refractivity contribution in [2.75, 3.05) is 5.32 Å². The molecule has 0 saturated carbocycles. The van der Waals surface area contributed by atoms with Crippen LogP contribution in [0, 0.1) is 0 Å². The van der Waals surface area contributed by atoms with E-state index in [0.717, 1.165) is 11.7 Å². The maximum absolute atomic E-state index is 11.9. The van der Waals surface area contributed by atoms with E-state index in [1.54, 1.807) is 6.92 Å². The fraction of sp³-hybridized carbons (Fsp3) is 0.273. The third kappa shape index (κ3) is 3.72. The van der Waals surface area contributed by atoms with Crippen LogP contribution in [0.25, 0.3) is 11.0 Å². The van der Waals surface area contributed by atoms with Crippen LogP contribution < -0.4 is 10.6 Å². The second kappa shape index (κ2) is 6.42. The smallest absolute Gasteiger partial charge is 0.319 e. The molecule has 1 aromatic heterocycles. The van der Waals surface area contributed by atoms with Crippen molar-refractivity contribution in [2.24, 2.45) is 0 Å². The molecule has 2 amide bonds. The van der Waals surface area contributed by atoms with Gasteiger partial charge in [0, 0.05) is 6.04 Å². The van der Waals surface area contributed by atoms with Gasteiger partial charge in [-0.25, -0.2) is 4.79 Å². The van der Waals surface area contributed by atoms with Gasteiger partial charge in [0.15, 0.2) is 0 Å². The number of carboxylic acids is 1. The lowest BCUT2D eigenvalue weighted by Gasteiger charge is -2.13. The minimum absolute atomic E-state index is 0.185. The molecule has 0 saturated heterocycles. The molecular formula is C11H10Cl2N4O3S. The number of carbonyl (C=O) groups is 2. The Balaban J connectivity index is 2.18. The van der Waals surface area contributed by atoms with Gasteiger partial charge in [-0.15, -0.1) is 0 Å². The van der Waals surface area contributed by atoms with Crippen molar-refractivity contribution in [3.8, 4) is 0 Å². The number of benzene rings is 1. The Labute approximate surface area is 133 Å². The van der Waals surface area contributed by atoms with Crippen molar-refractivity contribution in [2.45, 2.75) is 19.4 Å². The summed E-state index contributed by atoms with van der Waals surface area (Å²) < 4.78 is 8.06. The average Bonchev–Trinajstić information content (AvgIpc) is 2.82. The predicted octanol–water partition coefficient (Wildman–Crippen LogP) is 2.98. The standard InChI is InChI=1S/C11H10Cl2N4O3S/c1-4(2-7(18)19)14-11(20)15-8-5(12)3-6(13)9-10(8)17-21-16-9/h3-4H,2H2,1H3,(H,18,19)(H2,14,15,20). The minimum Gasteiger partial charge on any atom is -0.481 e. The molecule has 3 N–H and O–H groups in total. The summed E-state index contributed by atoms with van der Waals surface area (Å²) in [6.07, 6.45) is -0.185. The molecule has 10 heteroatoms. The first kappa shape index (κ1) is 15.7. The largest absolute Gasteiger partial charge is 0.481 e. The zero-order valence-electron chi connectivity index (χ0n) is 10.7. The number of amides is 2. The van der Waals surface area contributed by atoms with Crippen LogP contribution in [0.2, 0.25) is 10.0 Å². The lowest BCUT2D eigenvalue weighted by molar-refractivity contribution is -0.137. The number of aliphatic carboxylic acids is 1. The van der Waals surface area contributed by atoms with Crippen LogP contribution in [0.3, 0.4) is 0 Å². The van der Waals surface area contributed by atoms with Crippen molar-refractivity contribution in [1.82, 2.24) is 14.1 Å². The molecule has 0 bridgehead atoms. The average molecular weight is 349 g/mol. The molecule has 0 radical (unpaired) electrons. The fourth-order valence-corrected chi connectivity index (χ4v) is 2.84. The zero-order valence-corrected chi connectivity index (χ0v) is 13.0. The van der Waals surface area contributed by atoms with Crippen molar-refractivity contribution < 1.29 is 14.7 Å². The lowest BCUT2D eigenvalue weighted by Crippen LogP contribution is -2.37. The molecule has 1 atom stereocenters. The molecule has 1 unspecified atom stereocenters. The van der Waals surface area contributed by atoms with E-state index in [9.17, 15) is 9.59 Å². The van der Waals surface area contributed by atoms with Crippen LogP contribution in [0.15, 0.2) is 6.07 Å². The number of aromatic nitrogens is 2. The molecule has 2 aromatic rings. The number of nitrogens with one attached hydrogen (secondary N) is 2. The normalized spacial score (nSPS) is 12.1. The summed E-state index contributed by atoms with van der Waals surface area (Å²) in [6.45, 7) is 1.58. The number of rotatable bonds is 4. The lowest BCUT2D eigenvalue weighted by atomic mass is 10.2. The van der Waals surface area contributed by atoms with Crippen LogP contribution in [-0.4, -0.2) is 31.9 Å². The first-order valence-corrected chi connectivity index (χ1v) is 7.26. The predicted molar refractivity (Wildman–Crippen MR) is 81.3 cm³/mol. The van der Waals surface area contributed by atoms with Gasteiger partial charge in [-0.05, 0) is 13.0 Å². The van der Waals surface area contributed by atoms with Gasteiger partial charge >= 0.3 is 12.0 Å². The van der Waals surface area contributed by atoms with E-state index in [0.29, 0.717) is 16.1 Å². The molecule has 0 fully saturated rings. The van der Waals surface area contributed by atoms with E-state index in [4.69, 9.17) is 28.3 Å². The zero-order chi connectivity index (χ0) is 15.6. The quantitative estimate of drug-likeness (QED) is 0.787. The highest BCUT2D eigenvalue weighted by Crippen LogP contribution is 2.35.